The molecule has 1 heterocycles. The summed E-state index contributed by atoms with van der Waals surface area (Å²) < 4.78 is 1.82. The number of amides is 1. The fourth-order valence-electron chi connectivity index (χ4n) is 2.97. The highest BCUT2D eigenvalue weighted by Crippen LogP contribution is 2.28. The van der Waals surface area contributed by atoms with Crippen LogP contribution in [-0.2, 0) is 4.79 Å². The van der Waals surface area contributed by atoms with Crippen molar-refractivity contribution in [2.75, 3.05) is 0 Å². The number of hydrogen-bond acceptors (Lipinski definition) is 3. The van der Waals surface area contributed by atoms with Crippen molar-refractivity contribution in [3.05, 3.63) is 53.9 Å². The Balaban J connectivity index is 1.73. The van der Waals surface area contributed by atoms with E-state index in [1.54, 1.807) is 42.6 Å². The molecule has 6 nitrogen and oxygen atoms in total. The molecule has 0 unspecified atom stereocenters. The van der Waals surface area contributed by atoms with E-state index in [1.165, 1.54) is 12.8 Å². The van der Waals surface area contributed by atoms with Gasteiger partial charge in [-0.15, -0.1) is 0 Å². The lowest BCUT2D eigenvalue weighted by molar-refractivity contribution is -0.139. The Bertz CT molecular complexity index is 690. The van der Waals surface area contributed by atoms with Gasteiger partial charge in [0.05, 0.1) is 6.04 Å². The van der Waals surface area contributed by atoms with Crippen LogP contribution in [0, 0.1) is 0 Å². The van der Waals surface area contributed by atoms with Gasteiger partial charge >= 0.3 is 5.97 Å². The Morgan fingerprint density at radius 1 is 1.17 bits per heavy atom. The maximum absolute atomic E-state index is 12.3. The Kier molecular flexibility index (Phi) is 4.41. The average Bonchev–Trinajstić information content (AvgIpc) is 3.23. The van der Waals surface area contributed by atoms with E-state index >= 15 is 0 Å². The van der Waals surface area contributed by atoms with Gasteiger partial charge in [0.25, 0.3) is 5.91 Å². The molecule has 0 bridgehead atoms. The highest BCUT2D eigenvalue weighted by atomic mass is 16.4. The molecule has 1 aromatic heterocycles. The molecule has 2 aromatic rings. The first-order valence-electron chi connectivity index (χ1n) is 7.79. The number of carboxylic acid groups (broad SMARTS) is 1. The number of benzene rings is 1. The minimum atomic E-state index is -1.10. The summed E-state index contributed by atoms with van der Waals surface area (Å²) in [5.41, 5.74) is 0.780. The SMILES string of the molecule is O=C(N[C@H](C(=O)O)c1ccccc1)c1ccn(C2CCCC2)n1. The number of hydrogen-bond donors (Lipinski definition) is 2. The molecule has 1 saturated carbocycles. The van der Waals surface area contributed by atoms with E-state index in [2.05, 4.69) is 10.4 Å². The van der Waals surface area contributed by atoms with Crippen LogP contribution in [0.5, 0.6) is 0 Å². The summed E-state index contributed by atoms with van der Waals surface area (Å²) in [7, 11) is 0. The van der Waals surface area contributed by atoms with Crippen molar-refractivity contribution in [3.63, 3.8) is 0 Å². The van der Waals surface area contributed by atoms with E-state index in [1.807, 2.05) is 4.68 Å². The fourth-order valence-corrected chi connectivity index (χ4v) is 2.97. The second kappa shape index (κ2) is 6.64. The van der Waals surface area contributed by atoms with Crippen LogP contribution in [0.15, 0.2) is 42.6 Å². The van der Waals surface area contributed by atoms with Gasteiger partial charge in [0.15, 0.2) is 6.04 Å². The van der Waals surface area contributed by atoms with Crippen LogP contribution in [0.2, 0.25) is 0 Å². The van der Waals surface area contributed by atoms with E-state index < -0.39 is 17.9 Å². The van der Waals surface area contributed by atoms with Gasteiger partial charge in [0.1, 0.15) is 5.69 Å². The molecule has 120 valence electrons. The van der Waals surface area contributed by atoms with Gasteiger partial charge in [0, 0.05) is 6.20 Å². The maximum atomic E-state index is 12.3. The second-order valence-electron chi connectivity index (χ2n) is 5.77. The van der Waals surface area contributed by atoms with Crippen molar-refractivity contribution in [2.24, 2.45) is 0 Å². The predicted octanol–water partition coefficient (Wildman–Crippen LogP) is 2.55. The van der Waals surface area contributed by atoms with Crippen LogP contribution in [0.1, 0.15) is 53.8 Å². The number of carboxylic acids is 1. The molecule has 1 amide bonds. The first kappa shape index (κ1) is 15.3. The maximum Gasteiger partial charge on any atom is 0.330 e. The Morgan fingerprint density at radius 3 is 2.52 bits per heavy atom. The third-order valence-corrected chi connectivity index (χ3v) is 4.20. The summed E-state index contributed by atoms with van der Waals surface area (Å²) in [5.74, 6) is -1.57. The number of carbonyl (C=O) groups is 2. The standard InChI is InChI=1S/C17H19N3O3/c21-16(14-10-11-20(19-14)13-8-4-5-9-13)18-15(17(22)23)12-6-2-1-3-7-12/h1-3,6-7,10-11,13,15H,4-5,8-9H2,(H,18,21)(H,22,23)/t15-/m0/s1. The zero-order chi connectivity index (χ0) is 16.2. The summed E-state index contributed by atoms with van der Waals surface area (Å²) in [6, 6.07) is 9.54. The molecule has 1 fully saturated rings. The van der Waals surface area contributed by atoms with Gasteiger partial charge < -0.3 is 10.4 Å². The van der Waals surface area contributed by atoms with Gasteiger partial charge in [-0.3, -0.25) is 9.48 Å². The van der Waals surface area contributed by atoms with E-state index in [0.717, 1.165) is 12.8 Å². The van der Waals surface area contributed by atoms with Crippen LogP contribution in [0.3, 0.4) is 0 Å². The number of aromatic nitrogens is 2. The molecule has 23 heavy (non-hydrogen) atoms. The Hall–Kier alpha value is -2.63. The van der Waals surface area contributed by atoms with Gasteiger partial charge in [0.2, 0.25) is 0 Å². The molecule has 1 aliphatic carbocycles. The zero-order valence-electron chi connectivity index (χ0n) is 12.7. The van der Waals surface area contributed by atoms with Crippen molar-refractivity contribution < 1.29 is 14.7 Å². The molecule has 0 spiro atoms. The number of nitrogens with one attached hydrogen (secondary N) is 1. The lowest BCUT2D eigenvalue weighted by Gasteiger charge is -2.14. The quantitative estimate of drug-likeness (QED) is 0.888. The van der Waals surface area contributed by atoms with E-state index in [4.69, 9.17) is 0 Å². The lowest BCUT2D eigenvalue weighted by atomic mass is 10.1. The average molecular weight is 313 g/mol. The minimum Gasteiger partial charge on any atom is -0.479 e. The lowest BCUT2D eigenvalue weighted by Crippen LogP contribution is -2.34. The number of carbonyl (C=O) groups excluding carboxylic acids is 1. The molecule has 1 aromatic carbocycles. The molecule has 2 N–H and O–H groups in total. The molecule has 0 radical (unpaired) electrons. The van der Waals surface area contributed by atoms with Crippen LogP contribution >= 0.6 is 0 Å². The topological polar surface area (TPSA) is 84.2 Å². The largest absolute Gasteiger partial charge is 0.479 e. The number of nitrogens with zero attached hydrogens (tertiary/aromatic N) is 2. The third-order valence-electron chi connectivity index (χ3n) is 4.20. The van der Waals surface area contributed by atoms with Gasteiger partial charge in [-0.05, 0) is 24.5 Å². The summed E-state index contributed by atoms with van der Waals surface area (Å²) in [4.78, 5) is 23.8. The number of aliphatic carboxylic acids is 1. The van der Waals surface area contributed by atoms with Gasteiger partial charge in [-0.2, -0.15) is 5.10 Å². The van der Waals surface area contributed by atoms with E-state index in [0.29, 0.717) is 11.6 Å². The van der Waals surface area contributed by atoms with Crippen molar-refractivity contribution in [2.45, 2.75) is 37.8 Å². The Labute approximate surface area is 134 Å². The van der Waals surface area contributed by atoms with Gasteiger partial charge in [-0.1, -0.05) is 43.2 Å². The highest BCUT2D eigenvalue weighted by Gasteiger charge is 2.24. The molecule has 3 rings (SSSR count). The smallest absolute Gasteiger partial charge is 0.330 e. The second-order valence-corrected chi connectivity index (χ2v) is 5.77. The molecular formula is C17H19N3O3. The number of rotatable bonds is 5. The van der Waals surface area contributed by atoms with Crippen LogP contribution in [0.4, 0.5) is 0 Å². The van der Waals surface area contributed by atoms with E-state index in [9.17, 15) is 14.7 Å². The summed E-state index contributed by atoms with van der Waals surface area (Å²) in [6.45, 7) is 0. The minimum absolute atomic E-state index is 0.249. The van der Waals surface area contributed by atoms with E-state index in [-0.39, 0.29) is 5.69 Å². The highest BCUT2D eigenvalue weighted by molar-refractivity contribution is 5.95. The third kappa shape index (κ3) is 3.41. The zero-order valence-corrected chi connectivity index (χ0v) is 12.7. The van der Waals surface area contributed by atoms with Gasteiger partial charge in [-0.25, -0.2) is 4.79 Å². The van der Waals surface area contributed by atoms with Crippen LogP contribution in [-0.4, -0.2) is 26.8 Å². The molecule has 6 heteroatoms. The molecule has 0 saturated heterocycles. The molecule has 0 aliphatic heterocycles. The predicted molar refractivity (Wildman–Crippen MR) is 84.0 cm³/mol. The fraction of sp³-hybridized carbons (Fsp3) is 0.353. The van der Waals surface area contributed by atoms with Crippen LogP contribution < -0.4 is 5.32 Å². The monoisotopic (exact) mass is 313 g/mol. The van der Waals surface area contributed by atoms with Crippen LogP contribution in [0.25, 0.3) is 0 Å². The van der Waals surface area contributed by atoms with Crippen molar-refractivity contribution >= 4 is 11.9 Å². The Morgan fingerprint density at radius 2 is 1.87 bits per heavy atom. The first-order valence-corrected chi connectivity index (χ1v) is 7.79. The van der Waals surface area contributed by atoms with Crippen molar-refractivity contribution in [1.29, 1.82) is 0 Å². The summed E-state index contributed by atoms with van der Waals surface area (Å²) >= 11 is 0. The summed E-state index contributed by atoms with van der Waals surface area (Å²) in [5, 5.41) is 16.2. The summed E-state index contributed by atoms with van der Waals surface area (Å²) in [6.07, 6.45) is 6.31. The van der Waals surface area contributed by atoms with Crippen molar-refractivity contribution in [1.82, 2.24) is 15.1 Å². The molecule has 1 aliphatic rings. The first-order chi connectivity index (χ1) is 11.1. The normalized spacial score (nSPS) is 16.2. The molecule has 1 atom stereocenters. The molecular weight excluding hydrogens is 294 g/mol. The van der Waals surface area contributed by atoms with Crippen molar-refractivity contribution in [3.8, 4) is 0 Å².